The summed E-state index contributed by atoms with van der Waals surface area (Å²) >= 11 is 0. The molecule has 0 radical (unpaired) electrons. The number of guanidine groups is 1. The number of rotatable bonds is 5. The molecule has 5 N–H and O–H groups in total. The van der Waals surface area contributed by atoms with E-state index in [9.17, 15) is 19.5 Å². The summed E-state index contributed by atoms with van der Waals surface area (Å²) in [6.07, 6.45) is 1.54. The second-order valence-electron chi connectivity index (χ2n) is 9.02. The molecule has 0 unspecified atom stereocenters. The van der Waals surface area contributed by atoms with Crippen LogP contribution in [0.15, 0.2) is 65.8 Å². The second kappa shape index (κ2) is 9.40. The molecule has 1 saturated heterocycles. The number of carbonyl (C=O) groups excluding carboxylic acids is 2. The molecule has 0 atom stereocenters. The lowest BCUT2D eigenvalue weighted by Crippen LogP contribution is -2.49. The first kappa shape index (κ1) is 24.0. The Morgan fingerprint density at radius 2 is 1.73 bits per heavy atom. The van der Waals surface area contributed by atoms with Gasteiger partial charge in [-0.2, -0.15) is 0 Å². The Kier molecular flexibility index (Phi) is 6.10. The second-order valence-corrected chi connectivity index (χ2v) is 9.02. The Labute approximate surface area is 212 Å². The van der Waals surface area contributed by atoms with Crippen molar-refractivity contribution in [3.8, 4) is 0 Å². The molecular weight excluding hydrogens is 472 g/mol. The van der Waals surface area contributed by atoms with Gasteiger partial charge in [0.1, 0.15) is 0 Å². The van der Waals surface area contributed by atoms with E-state index in [0.717, 1.165) is 26.2 Å². The zero-order valence-electron chi connectivity index (χ0n) is 20.2. The number of amides is 2. The summed E-state index contributed by atoms with van der Waals surface area (Å²) in [6.45, 7) is 7.41. The van der Waals surface area contributed by atoms with E-state index < -0.39 is 17.8 Å². The SMILES string of the molecule is C=C(C1=C(c2c[nH]c3c(C(=O)O)cccc23)C(=O)NC1=O)c1ccccc1/N=C(\N)N1CCN(C)CC1. The number of nitrogens with two attached hydrogens (primary N) is 1. The molecule has 0 bridgehead atoms. The molecule has 2 aromatic carbocycles. The Hall–Kier alpha value is -4.70. The van der Waals surface area contributed by atoms with Crippen molar-refractivity contribution in [1.29, 1.82) is 0 Å². The van der Waals surface area contributed by atoms with Crippen molar-refractivity contribution in [2.75, 3.05) is 33.2 Å². The Morgan fingerprint density at radius 1 is 1.03 bits per heavy atom. The van der Waals surface area contributed by atoms with Gasteiger partial charge in [0, 0.05) is 48.9 Å². The molecule has 3 aromatic rings. The zero-order valence-corrected chi connectivity index (χ0v) is 20.2. The van der Waals surface area contributed by atoms with Gasteiger partial charge in [0.25, 0.3) is 11.8 Å². The monoisotopic (exact) mass is 498 g/mol. The van der Waals surface area contributed by atoms with Crippen LogP contribution in [0.2, 0.25) is 0 Å². The number of likely N-dealkylation sites (N-methyl/N-ethyl adjacent to an activating group) is 1. The Bertz CT molecular complexity index is 1520. The molecule has 2 aliphatic heterocycles. The summed E-state index contributed by atoms with van der Waals surface area (Å²) in [4.78, 5) is 49.4. The van der Waals surface area contributed by atoms with Crippen LogP contribution in [0.3, 0.4) is 0 Å². The van der Waals surface area contributed by atoms with Gasteiger partial charge in [0.15, 0.2) is 5.96 Å². The smallest absolute Gasteiger partial charge is 0.337 e. The van der Waals surface area contributed by atoms with Crippen LogP contribution in [0.25, 0.3) is 22.0 Å². The summed E-state index contributed by atoms with van der Waals surface area (Å²) in [5, 5.41) is 12.4. The van der Waals surface area contributed by atoms with Crippen LogP contribution in [0.4, 0.5) is 5.69 Å². The van der Waals surface area contributed by atoms with E-state index >= 15 is 0 Å². The van der Waals surface area contributed by atoms with E-state index in [1.807, 2.05) is 11.0 Å². The first-order chi connectivity index (χ1) is 17.8. The van der Waals surface area contributed by atoms with Gasteiger partial charge in [-0.15, -0.1) is 0 Å². The number of carboxylic acids is 1. The number of fused-ring (bicyclic) bond motifs is 1. The standard InChI is InChI=1S/C27H26N6O4/c1-15(16-6-3-4-9-20(16)30-27(28)33-12-10-32(2)11-13-33)21-22(25(35)31-24(21)34)19-14-29-23-17(19)7-5-8-18(23)26(36)37/h3-9,14,29H,1,10-13H2,2H3,(H2,28,30)(H,36,37)(H,31,34,35). The summed E-state index contributed by atoms with van der Waals surface area (Å²) < 4.78 is 0. The first-order valence-corrected chi connectivity index (χ1v) is 11.8. The number of piperazine rings is 1. The number of hydrogen-bond donors (Lipinski definition) is 4. The van der Waals surface area contributed by atoms with E-state index in [4.69, 9.17) is 5.73 Å². The van der Waals surface area contributed by atoms with Gasteiger partial charge in [-0.25, -0.2) is 9.79 Å². The maximum absolute atomic E-state index is 13.0. The van der Waals surface area contributed by atoms with E-state index in [1.54, 1.807) is 30.3 Å². The van der Waals surface area contributed by atoms with Crippen molar-refractivity contribution in [2.24, 2.45) is 10.7 Å². The number of benzene rings is 2. The molecule has 2 aliphatic rings. The molecule has 5 rings (SSSR count). The van der Waals surface area contributed by atoms with Crippen LogP contribution in [0, 0.1) is 0 Å². The average Bonchev–Trinajstić information content (AvgIpc) is 3.43. The number of H-pyrrole nitrogens is 1. The van der Waals surface area contributed by atoms with Gasteiger partial charge in [0.05, 0.1) is 27.9 Å². The fourth-order valence-electron chi connectivity index (χ4n) is 4.73. The summed E-state index contributed by atoms with van der Waals surface area (Å²) in [7, 11) is 2.05. The number of para-hydroxylation sites is 2. The van der Waals surface area contributed by atoms with Crippen molar-refractivity contribution in [3.05, 3.63) is 77.5 Å². The minimum atomic E-state index is -1.10. The molecule has 10 heteroatoms. The van der Waals surface area contributed by atoms with Gasteiger partial charge in [0.2, 0.25) is 0 Å². The van der Waals surface area contributed by atoms with Crippen molar-refractivity contribution in [3.63, 3.8) is 0 Å². The first-order valence-electron chi connectivity index (χ1n) is 11.8. The molecule has 0 spiro atoms. The zero-order chi connectivity index (χ0) is 26.3. The molecule has 1 fully saturated rings. The lowest BCUT2D eigenvalue weighted by molar-refractivity contribution is -0.123. The predicted octanol–water partition coefficient (Wildman–Crippen LogP) is 2.18. The number of nitrogens with zero attached hydrogens (tertiary/aromatic N) is 3. The maximum atomic E-state index is 13.0. The van der Waals surface area contributed by atoms with Crippen LogP contribution < -0.4 is 11.1 Å². The Balaban J connectivity index is 1.59. The third-order valence-corrected chi connectivity index (χ3v) is 6.74. The third kappa shape index (κ3) is 4.27. The van der Waals surface area contributed by atoms with E-state index in [2.05, 4.69) is 33.8 Å². The number of hydrogen-bond acceptors (Lipinski definition) is 5. The lowest BCUT2D eigenvalue weighted by Gasteiger charge is -2.33. The highest BCUT2D eigenvalue weighted by atomic mass is 16.4. The topological polar surface area (TPSA) is 144 Å². The fraction of sp³-hybridized carbons (Fsp3) is 0.185. The fourth-order valence-corrected chi connectivity index (χ4v) is 4.73. The number of aromatic carboxylic acids is 1. The van der Waals surface area contributed by atoms with Crippen molar-refractivity contribution < 1.29 is 19.5 Å². The third-order valence-electron chi connectivity index (χ3n) is 6.74. The highest BCUT2D eigenvalue weighted by molar-refractivity contribution is 6.41. The van der Waals surface area contributed by atoms with Gasteiger partial charge in [-0.3, -0.25) is 14.9 Å². The number of aromatic nitrogens is 1. The molecule has 0 aliphatic carbocycles. The predicted molar refractivity (Wildman–Crippen MR) is 141 cm³/mol. The highest BCUT2D eigenvalue weighted by Gasteiger charge is 2.35. The van der Waals surface area contributed by atoms with Crippen LogP contribution in [0.1, 0.15) is 21.5 Å². The molecule has 37 heavy (non-hydrogen) atoms. The average molecular weight is 499 g/mol. The quantitative estimate of drug-likeness (QED) is 0.240. The van der Waals surface area contributed by atoms with Gasteiger partial charge >= 0.3 is 5.97 Å². The number of imide groups is 1. The van der Waals surface area contributed by atoms with Crippen molar-refractivity contribution in [1.82, 2.24) is 20.1 Å². The van der Waals surface area contributed by atoms with E-state index in [-0.39, 0.29) is 16.7 Å². The molecule has 2 amide bonds. The minimum Gasteiger partial charge on any atom is -0.478 e. The summed E-state index contributed by atoms with van der Waals surface area (Å²) in [5.74, 6) is -1.90. The summed E-state index contributed by atoms with van der Waals surface area (Å²) in [5.41, 5.74) is 8.79. The van der Waals surface area contributed by atoms with Crippen LogP contribution in [0.5, 0.6) is 0 Å². The van der Waals surface area contributed by atoms with E-state index in [0.29, 0.717) is 39.2 Å². The largest absolute Gasteiger partial charge is 0.478 e. The number of aromatic amines is 1. The molecule has 0 saturated carbocycles. The molecular formula is C27H26N6O4. The van der Waals surface area contributed by atoms with E-state index in [1.165, 1.54) is 12.3 Å². The van der Waals surface area contributed by atoms with Gasteiger partial charge in [-0.05, 0) is 24.8 Å². The lowest BCUT2D eigenvalue weighted by atomic mass is 9.91. The summed E-state index contributed by atoms with van der Waals surface area (Å²) in [6, 6.07) is 11.9. The molecule has 3 heterocycles. The Morgan fingerprint density at radius 3 is 2.46 bits per heavy atom. The number of carboxylic acid groups (broad SMARTS) is 1. The molecule has 1 aromatic heterocycles. The normalized spacial score (nSPS) is 17.0. The molecule has 188 valence electrons. The van der Waals surface area contributed by atoms with Crippen LogP contribution in [-0.4, -0.2) is 76.9 Å². The maximum Gasteiger partial charge on any atom is 0.337 e. The number of nitrogens with one attached hydrogen (secondary N) is 2. The number of aliphatic imine (C=N–C) groups is 1. The van der Waals surface area contributed by atoms with Gasteiger partial charge < -0.3 is 25.6 Å². The minimum absolute atomic E-state index is 0.0634. The van der Waals surface area contributed by atoms with Crippen LogP contribution >= 0.6 is 0 Å². The highest BCUT2D eigenvalue weighted by Crippen LogP contribution is 2.39. The van der Waals surface area contributed by atoms with Gasteiger partial charge in [-0.1, -0.05) is 36.9 Å². The van der Waals surface area contributed by atoms with Crippen molar-refractivity contribution in [2.45, 2.75) is 0 Å². The van der Waals surface area contributed by atoms with Crippen LogP contribution in [-0.2, 0) is 9.59 Å². The van der Waals surface area contributed by atoms with Crippen molar-refractivity contribution >= 4 is 51.5 Å². The number of carbonyl (C=O) groups is 3. The molecule has 10 nitrogen and oxygen atoms in total.